The summed E-state index contributed by atoms with van der Waals surface area (Å²) in [6.45, 7) is 1.06. The van der Waals surface area contributed by atoms with Crippen molar-refractivity contribution in [2.75, 3.05) is 13.6 Å². The number of aromatic nitrogens is 2. The Balaban J connectivity index is 1.95. The molecule has 0 bridgehead atoms. The molecule has 1 aliphatic rings. The summed E-state index contributed by atoms with van der Waals surface area (Å²) in [5.74, 6) is 1.27. The molecule has 17 heavy (non-hydrogen) atoms. The maximum atomic E-state index is 4.78. The molecule has 1 fully saturated rings. The third-order valence-corrected chi connectivity index (χ3v) is 3.41. The molecule has 0 radical (unpaired) electrons. The highest BCUT2D eigenvalue weighted by Crippen LogP contribution is 2.38. The van der Waals surface area contributed by atoms with E-state index in [0.717, 1.165) is 24.9 Å². The Morgan fingerprint density at radius 2 is 2.18 bits per heavy atom. The highest BCUT2D eigenvalue weighted by molar-refractivity contribution is 5.76. The van der Waals surface area contributed by atoms with E-state index in [1.807, 2.05) is 7.05 Å². The van der Waals surface area contributed by atoms with E-state index in [2.05, 4.69) is 34.1 Å². The van der Waals surface area contributed by atoms with Crippen LogP contribution >= 0.6 is 0 Å². The number of imidazole rings is 1. The van der Waals surface area contributed by atoms with Gasteiger partial charge < -0.3 is 9.88 Å². The number of fused-ring (bicyclic) bond motifs is 1. The van der Waals surface area contributed by atoms with Gasteiger partial charge in [-0.25, -0.2) is 4.98 Å². The molecule has 1 aromatic heterocycles. The van der Waals surface area contributed by atoms with Crippen LogP contribution in [-0.4, -0.2) is 23.1 Å². The molecular weight excluding hydrogens is 210 g/mol. The molecule has 90 valence electrons. The second-order valence-corrected chi connectivity index (χ2v) is 4.83. The minimum atomic E-state index is 0.715. The minimum Gasteiger partial charge on any atom is -0.325 e. The van der Waals surface area contributed by atoms with Gasteiger partial charge in [0, 0.05) is 12.5 Å². The predicted molar refractivity (Wildman–Crippen MR) is 70.3 cm³/mol. The van der Waals surface area contributed by atoms with Gasteiger partial charge in [0.1, 0.15) is 5.82 Å². The minimum absolute atomic E-state index is 0.715. The Morgan fingerprint density at radius 3 is 2.94 bits per heavy atom. The second-order valence-electron chi connectivity index (χ2n) is 4.83. The second kappa shape index (κ2) is 4.49. The Kier molecular flexibility index (Phi) is 2.85. The van der Waals surface area contributed by atoms with Crippen LogP contribution in [0.1, 0.15) is 31.1 Å². The summed E-state index contributed by atoms with van der Waals surface area (Å²) in [7, 11) is 2.00. The molecule has 0 amide bonds. The summed E-state index contributed by atoms with van der Waals surface area (Å²) < 4.78 is 2.46. The van der Waals surface area contributed by atoms with Gasteiger partial charge in [-0.3, -0.25) is 0 Å². The highest BCUT2D eigenvalue weighted by atomic mass is 15.1. The zero-order valence-corrected chi connectivity index (χ0v) is 10.3. The van der Waals surface area contributed by atoms with Crippen molar-refractivity contribution >= 4 is 11.0 Å². The van der Waals surface area contributed by atoms with Crippen molar-refractivity contribution in [3.05, 3.63) is 30.1 Å². The van der Waals surface area contributed by atoms with E-state index in [9.17, 15) is 0 Å². The van der Waals surface area contributed by atoms with E-state index < -0.39 is 0 Å². The third-order valence-electron chi connectivity index (χ3n) is 3.41. The van der Waals surface area contributed by atoms with E-state index >= 15 is 0 Å². The SMILES string of the molecule is CNCCCc1nc2ccccc2n1C1CC1. The Hall–Kier alpha value is -1.35. The van der Waals surface area contributed by atoms with Gasteiger partial charge in [-0.15, -0.1) is 0 Å². The molecule has 1 saturated carbocycles. The van der Waals surface area contributed by atoms with Crippen molar-refractivity contribution in [2.45, 2.75) is 31.7 Å². The van der Waals surface area contributed by atoms with E-state index in [0.29, 0.717) is 6.04 Å². The lowest BCUT2D eigenvalue weighted by Crippen LogP contribution is -2.10. The molecule has 3 heteroatoms. The maximum absolute atomic E-state index is 4.78. The molecule has 0 atom stereocenters. The predicted octanol–water partition coefficient (Wildman–Crippen LogP) is 2.52. The van der Waals surface area contributed by atoms with Crippen LogP contribution in [-0.2, 0) is 6.42 Å². The quantitative estimate of drug-likeness (QED) is 0.798. The van der Waals surface area contributed by atoms with Gasteiger partial charge in [0.25, 0.3) is 0 Å². The molecule has 3 nitrogen and oxygen atoms in total. The zero-order valence-electron chi connectivity index (χ0n) is 10.3. The number of rotatable bonds is 5. The molecule has 0 unspecified atom stereocenters. The fourth-order valence-electron chi connectivity index (χ4n) is 2.43. The smallest absolute Gasteiger partial charge is 0.110 e. The Labute approximate surface area is 102 Å². The van der Waals surface area contributed by atoms with Crippen molar-refractivity contribution in [3.8, 4) is 0 Å². The first kappa shape index (κ1) is 10.8. The topological polar surface area (TPSA) is 29.9 Å². The molecule has 1 N–H and O–H groups in total. The maximum Gasteiger partial charge on any atom is 0.110 e. The number of hydrogen-bond acceptors (Lipinski definition) is 2. The average molecular weight is 229 g/mol. The molecule has 1 aliphatic carbocycles. The zero-order chi connectivity index (χ0) is 11.7. The van der Waals surface area contributed by atoms with Crippen LogP contribution in [0.2, 0.25) is 0 Å². The number of nitrogens with zero attached hydrogens (tertiary/aromatic N) is 2. The lowest BCUT2D eigenvalue weighted by atomic mass is 10.3. The largest absolute Gasteiger partial charge is 0.325 e. The van der Waals surface area contributed by atoms with Crippen LogP contribution in [0.15, 0.2) is 24.3 Å². The molecule has 3 rings (SSSR count). The fourth-order valence-corrected chi connectivity index (χ4v) is 2.43. The first-order valence-corrected chi connectivity index (χ1v) is 6.50. The van der Waals surface area contributed by atoms with Crippen molar-refractivity contribution in [1.29, 1.82) is 0 Å². The van der Waals surface area contributed by atoms with Gasteiger partial charge in [-0.2, -0.15) is 0 Å². The van der Waals surface area contributed by atoms with Gasteiger partial charge in [0.15, 0.2) is 0 Å². The van der Waals surface area contributed by atoms with E-state index in [4.69, 9.17) is 4.98 Å². The van der Waals surface area contributed by atoms with Gasteiger partial charge >= 0.3 is 0 Å². The third kappa shape index (κ3) is 2.07. The first-order valence-electron chi connectivity index (χ1n) is 6.50. The number of para-hydroxylation sites is 2. The number of aryl methyl sites for hydroxylation is 1. The molecule has 0 saturated heterocycles. The summed E-state index contributed by atoms with van der Waals surface area (Å²) in [5, 5.41) is 3.20. The standard InChI is InChI=1S/C14H19N3/c1-15-10-4-7-14-16-12-5-2-3-6-13(12)17(14)11-8-9-11/h2-3,5-6,11,15H,4,7-10H2,1H3. The molecule has 0 spiro atoms. The number of benzene rings is 1. The molecule has 2 aromatic rings. The highest BCUT2D eigenvalue weighted by Gasteiger charge is 2.27. The summed E-state index contributed by atoms with van der Waals surface area (Å²) in [6.07, 6.45) is 4.87. The van der Waals surface area contributed by atoms with Crippen molar-refractivity contribution in [3.63, 3.8) is 0 Å². The Morgan fingerprint density at radius 1 is 1.35 bits per heavy atom. The van der Waals surface area contributed by atoms with Crippen molar-refractivity contribution in [2.24, 2.45) is 0 Å². The lowest BCUT2D eigenvalue weighted by molar-refractivity contribution is 0.649. The fraction of sp³-hybridized carbons (Fsp3) is 0.500. The lowest BCUT2D eigenvalue weighted by Gasteiger charge is -2.07. The van der Waals surface area contributed by atoms with Gasteiger partial charge in [0.05, 0.1) is 11.0 Å². The summed E-state index contributed by atoms with van der Waals surface area (Å²) in [4.78, 5) is 4.78. The van der Waals surface area contributed by atoms with Crippen LogP contribution < -0.4 is 5.32 Å². The van der Waals surface area contributed by atoms with E-state index in [1.54, 1.807) is 0 Å². The summed E-state index contributed by atoms with van der Waals surface area (Å²) >= 11 is 0. The number of nitrogens with one attached hydrogen (secondary N) is 1. The first-order chi connectivity index (χ1) is 8.40. The van der Waals surface area contributed by atoms with Crippen LogP contribution in [0.3, 0.4) is 0 Å². The summed E-state index contributed by atoms with van der Waals surface area (Å²) in [6, 6.07) is 9.22. The average Bonchev–Trinajstić information content (AvgIpc) is 3.11. The molecule has 0 aliphatic heterocycles. The molecular formula is C14H19N3. The van der Waals surface area contributed by atoms with E-state index in [-0.39, 0.29) is 0 Å². The van der Waals surface area contributed by atoms with Crippen LogP contribution in [0.4, 0.5) is 0 Å². The van der Waals surface area contributed by atoms with Gasteiger partial charge in [0.2, 0.25) is 0 Å². The van der Waals surface area contributed by atoms with Crippen molar-refractivity contribution < 1.29 is 0 Å². The Bertz CT molecular complexity index is 511. The van der Waals surface area contributed by atoms with Gasteiger partial charge in [-0.05, 0) is 45.0 Å². The van der Waals surface area contributed by atoms with Crippen LogP contribution in [0.25, 0.3) is 11.0 Å². The van der Waals surface area contributed by atoms with Gasteiger partial charge in [-0.1, -0.05) is 12.1 Å². The van der Waals surface area contributed by atoms with Crippen LogP contribution in [0.5, 0.6) is 0 Å². The van der Waals surface area contributed by atoms with E-state index in [1.165, 1.54) is 24.2 Å². The normalized spacial score (nSPS) is 15.6. The molecule has 1 heterocycles. The van der Waals surface area contributed by atoms with Crippen LogP contribution in [0, 0.1) is 0 Å². The number of hydrogen-bond donors (Lipinski definition) is 1. The van der Waals surface area contributed by atoms with Crippen molar-refractivity contribution in [1.82, 2.24) is 14.9 Å². The molecule has 1 aromatic carbocycles. The summed E-state index contributed by atoms with van der Waals surface area (Å²) in [5.41, 5.74) is 2.47. The monoisotopic (exact) mass is 229 g/mol.